The van der Waals surface area contributed by atoms with Crippen molar-refractivity contribution in [2.75, 3.05) is 17.2 Å². The lowest BCUT2D eigenvalue weighted by molar-refractivity contribution is -0.117. The lowest BCUT2D eigenvalue weighted by Crippen LogP contribution is -2.24. The van der Waals surface area contributed by atoms with Crippen LogP contribution in [0.3, 0.4) is 0 Å². The van der Waals surface area contributed by atoms with E-state index in [9.17, 15) is 4.79 Å². The second-order valence-electron chi connectivity index (χ2n) is 5.37. The summed E-state index contributed by atoms with van der Waals surface area (Å²) in [5.41, 5.74) is 7.23. The van der Waals surface area contributed by atoms with Crippen molar-refractivity contribution in [2.24, 2.45) is 5.92 Å². The first kappa shape index (κ1) is 14.2. The molecule has 0 spiro atoms. The van der Waals surface area contributed by atoms with Crippen LogP contribution in [-0.4, -0.2) is 12.5 Å². The van der Waals surface area contributed by atoms with Gasteiger partial charge in [-0.25, -0.2) is 0 Å². The highest BCUT2D eigenvalue weighted by atomic mass is 16.5. The van der Waals surface area contributed by atoms with Gasteiger partial charge in [-0.2, -0.15) is 0 Å². The van der Waals surface area contributed by atoms with Crippen LogP contribution in [0.4, 0.5) is 11.4 Å². The summed E-state index contributed by atoms with van der Waals surface area (Å²) >= 11 is 0. The van der Waals surface area contributed by atoms with Crippen molar-refractivity contribution in [3.05, 3.63) is 61.2 Å². The zero-order chi connectivity index (χ0) is 15.5. The number of amides is 1. The number of nitrogens with zero attached hydrogens (tertiary/aromatic N) is 1. The summed E-state index contributed by atoms with van der Waals surface area (Å²) in [6, 6.07) is 14.8. The monoisotopic (exact) mass is 294 g/mol. The lowest BCUT2D eigenvalue weighted by Gasteiger charge is -2.16. The number of anilines is 2. The Hall–Kier alpha value is -2.75. The molecule has 2 aromatic carbocycles. The van der Waals surface area contributed by atoms with Crippen LogP contribution in [-0.2, 0) is 4.79 Å². The maximum absolute atomic E-state index is 12.0. The van der Waals surface area contributed by atoms with E-state index in [-0.39, 0.29) is 11.8 Å². The number of rotatable bonds is 4. The quantitative estimate of drug-likeness (QED) is 0.692. The molecule has 0 radical (unpaired) electrons. The molecular weight excluding hydrogens is 276 g/mol. The van der Waals surface area contributed by atoms with Gasteiger partial charge < -0.3 is 15.4 Å². The molecule has 0 saturated carbocycles. The molecule has 4 heteroatoms. The summed E-state index contributed by atoms with van der Waals surface area (Å²) in [7, 11) is 0. The van der Waals surface area contributed by atoms with Crippen LogP contribution in [0.15, 0.2) is 61.2 Å². The van der Waals surface area contributed by atoms with Crippen LogP contribution in [0.5, 0.6) is 11.5 Å². The normalized spacial score (nSPS) is 17.5. The number of carbonyl (C=O) groups is 1. The second kappa shape index (κ2) is 5.93. The molecule has 1 heterocycles. The highest BCUT2D eigenvalue weighted by Crippen LogP contribution is 2.29. The number of ether oxygens (including phenoxy) is 1. The topological polar surface area (TPSA) is 55.6 Å². The van der Waals surface area contributed by atoms with Crippen molar-refractivity contribution in [2.45, 2.75) is 6.42 Å². The maximum atomic E-state index is 12.0. The molecule has 0 aliphatic carbocycles. The van der Waals surface area contributed by atoms with Gasteiger partial charge in [-0.05, 0) is 48.5 Å². The summed E-state index contributed by atoms with van der Waals surface area (Å²) in [6.07, 6.45) is 2.38. The molecule has 2 aromatic rings. The van der Waals surface area contributed by atoms with Crippen molar-refractivity contribution in [1.82, 2.24) is 0 Å². The van der Waals surface area contributed by atoms with E-state index in [1.54, 1.807) is 17.0 Å². The van der Waals surface area contributed by atoms with E-state index in [2.05, 4.69) is 6.58 Å². The van der Waals surface area contributed by atoms with Gasteiger partial charge in [0.2, 0.25) is 5.91 Å². The standard InChI is InChI=1S/C18H18N2O2/c1-2-13-11-18(21)20(12-13)15-5-9-17(10-6-15)22-16-7-3-14(19)4-8-16/h2-10,13H,1,11-12,19H2. The molecule has 1 saturated heterocycles. The molecule has 22 heavy (non-hydrogen) atoms. The fourth-order valence-electron chi connectivity index (χ4n) is 2.51. The van der Waals surface area contributed by atoms with Gasteiger partial charge in [-0.3, -0.25) is 4.79 Å². The van der Waals surface area contributed by atoms with Gasteiger partial charge in [0, 0.05) is 30.3 Å². The SMILES string of the molecule is C=CC1CC(=O)N(c2ccc(Oc3ccc(N)cc3)cc2)C1. The molecule has 3 rings (SSSR count). The molecule has 1 amide bonds. The largest absolute Gasteiger partial charge is 0.457 e. The van der Waals surface area contributed by atoms with E-state index >= 15 is 0 Å². The molecule has 1 atom stereocenters. The first-order valence-corrected chi connectivity index (χ1v) is 7.22. The zero-order valence-electron chi connectivity index (χ0n) is 12.2. The molecule has 2 N–H and O–H groups in total. The van der Waals surface area contributed by atoms with Crippen molar-refractivity contribution in [3.8, 4) is 11.5 Å². The number of nitrogens with two attached hydrogens (primary N) is 1. The van der Waals surface area contributed by atoms with Gasteiger partial charge in [-0.15, -0.1) is 6.58 Å². The van der Waals surface area contributed by atoms with Gasteiger partial charge in [0.1, 0.15) is 11.5 Å². The van der Waals surface area contributed by atoms with Gasteiger partial charge in [0.25, 0.3) is 0 Å². The third-order valence-corrected chi connectivity index (χ3v) is 3.75. The summed E-state index contributed by atoms with van der Waals surface area (Å²) in [4.78, 5) is 13.8. The van der Waals surface area contributed by atoms with Crippen LogP contribution >= 0.6 is 0 Å². The van der Waals surface area contributed by atoms with Gasteiger partial charge in [-0.1, -0.05) is 6.08 Å². The summed E-state index contributed by atoms with van der Waals surface area (Å²) < 4.78 is 5.74. The Labute approximate surface area is 129 Å². The number of hydrogen-bond donors (Lipinski definition) is 1. The highest BCUT2D eigenvalue weighted by molar-refractivity contribution is 5.96. The van der Waals surface area contributed by atoms with Crippen molar-refractivity contribution < 1.29 is 9.53 Å². The fourth-order valence-corrected chi connectivity index (χ4v) is 2.51. The van der Waals surface area contributed by atoms with E-state index < -0.39 is 0 Å². The van der Waals surface area contributed by atoms with Crippen LogP contribution in [0.25, 0.3) is 0 Å². The van der Waals surface area contributed by atoms with Crippen LogP contribution < -0.4 is 15.4 Å². The Bertz CT molecular complexity index is 677. The van der Waals surface area contributed by atoms with E-state index in [1.165, 1.54) is 0 Å². The molecule has 0 bridgehead atoms. The molecule has 4 nitrogen and oxygen atoms in total. The van der Waals surface area contributed by atoms with Crippen LogP contribution in [0.2, 0.25) is 0 Å². The zero-order valence-corrected chi connectivity index (χ0v) is 12.2. The molecule has 1 fully saturated rings. The van der Waals surface area contributed by atoms with Crippen LogP contribution in [0.1, 0.15) is 6.42 Å². The van der Waals surface area contributed by atoms with Gasteiger partial charge in [0.05, 0.1) is 0 Å². The first-order valence-electron chi connectivity index (χ1n) is 7.22. The smallest absolute Gasteiger partial charge is 0.227 e. The number of nitrogen functional groups attached to an aromatic ring is 1. The minimum absolute atomic E-state index is 0.136. The summed E-state index contributed by atoms with van der Waals surface area (Å²) in [5, 5.41) is 0. The Kier molecular flexibility index (Phi) is 3.83. The number of carbonyl (C=O) groups excluding carboxylic acids is 1. The summed E-state index contributed by atoms with van der Waals surface area (Å²) in [6.45, 7) is 4.46. The number of benzene rings is 2. The van der Waals surface area contributed by atoms with E-state index in [0.29, 0.717) is 18.7 Å². The van der Waals surface area contributed by atoms with Crippen LogP contribution in [0, 0.1) is 5.92 Å². The third kappa shape index (κ3) is 2.96. The second-order valence-corrected chi connectivity index (χ2v) is 5.37. The predicted molar refractivity (Wildman–Crippen MR) is 88.0 cm³/mol. The average molecular weight is 294 g/mol. The van der Waals surface area contributed by atoms with Crippen molar-refractivity contribution in [1.29, 1.82) is 0 Å². The van der Waals surface area contributed by atoms with Gasteiger partial charge >= 0.3 is 0 Å². The van der Waals surface area contributed by atoms with Crippen molar-refractivity contribution >= 4 is 17.3 Å². The number of hydrogen-bond acceptors (Lipinski definition) is 3. The van der Waals surface area contributed by atoms with Crippen molar-refractivity contribution in [3.63, 3.8) is 0 Å². The highest BCUT2D eigenvalue weighted by Gasteiger charge is 2.28. The molecule has 1 aliphatic heterocycles. The Balaban J connectivity index is 1.71. The van der Waals surface area contributed by atoms with Gasteiger partial charge in [0.15, 0.2) is 0 Å². The molecular formula is C18H18N2O2. The molecule has 1 unspecified atom stereocenters. The molecule has 1 aliphatic rings. The lowest BCUT2D eigenvalue weighted by atomic mass is 10.1. The predicted octanol–water partition coefficient (Wildman–Crippen LogP) is 3.60. The Morgan fingerprint density at radius 2 is 1.68 bits per heavy atom. The Morgan fingerprint density at radius 1 is 1.09 bits per heavy atom. The van der Waals surface area contributed by atoms with E-state index in [1.807, 2.05) is 42.5 Å². The van der Waals surface area contributed by atoms with E-state index in [4.69, 9.17) is 10.5 Å². The third-order valence-electron chi connectivity index (χ3n) is 3.75. The molecule has 0 aromatic heterocycles. The fraction of sp³-hybridized carbons (Fsp3) is 0.167. The maximum Gasteiger partial charge on any atom is 0.227 e. The Morgan fingerprint density at radius 3 is 2.23 bits per heavy atom. The summed E-state index contributed by atoms with van der Waals surface area (Å²) in [5.74, 6) is 1.82. The minimum atomic E-state index is 0.136. The van der Waals surface area contributed by atoms with E-state index in [0.717, 1.165) is 17.2 Å². The molecule has 112 valence electrons. The first-order chi connectivity index (χ1) is 10.7. The minimum Gasteiger partial charge on any atom is -0.457 e. The average Bonchev–Trinajstić information content (AvgIpc) is 2.91.